The molecule has 1 fully saturated rings. The lowest BCUT2D eigenvalue weighted by Gasteiger charge is -2.31. The Balaban J connectivity index is 1.47. The zero-order valence-electron chi connectivity index (χ0n) is 15.6. The number of alkyl halides is 3. The second-order valence-corrected chi connectivity index (χ2v) is 7.42. The molecule has 1 heterocycles. The molecule has 0 bridgehead atoms. The Bertz CT molecular complexity index is 719. The van der Waals surface area contributed by atoms with Crippen LogP contribution in [0.3, 0.4) is 0 Å². The van der Waals surface area contributed by atoms with Gasteiger partial charge in [0.05, 0.1) is 18.1 Å². The number of hydrogen-bond acceptors (Lipinski definition) is 3. The van der Waals surface area contributed by atoms with Crippen LogP contribution in [0.25, 0.3) is 0 Å². The van der Waals surface area contributed by atoms with Crippen molar-refractivity contribution in [2.24, 2.45) is 11.8 Å². The predicted molar refractivity (Wildman–Crippen MR) is 97.5 cm³/mol. The third-order valence-electron chi connectivity index (χ3n) is 5.41. The van der Waals surface area contributed by atoms with E-state index in [0.29, 0.717) is 38.5 Å². The third kappa shape index (κ3) is 5.14. The van der Waals surface area contributed by atoms with Crippen molar-refractivity contribution in [1.29, 1.82) is 0 Å². The SMILES string of the molecule is O=C(OCC1CC=CCC1)C1CCN(C(=O)c2ccc(C(F)(F)F)cc2)CC1. The summed E-state index contributed by atoms with van der Waals surface area (Å²) in [4.78, 5) is 26.3. The number of hydrogen-bond donors (Lipinski definition) is 0. The van der Waals surface area contributed by atoms with Gasteiger partial charge in [0.2, 0.25) is 0 Å². The number of esters is 1. The average Bonchev–Trinajstić information content (AvgIpc) is 2.72. The molecular weight excluding hydrogens is 371 g/mol. The Morgan fingerprint density at radius 1 is 1.04 bits per heavy atom. The van der Waals surface area contributed by atoms with Gasteiger partial charge in [-0.05, 0) is 62.3 Å². The van der Waals surface area contributed by atoms with E-state index in [0.717, 1.165) is 31.4 Å². The number of likely N-dealkylation sites (tertiary alicyclic amines) is 1. The number of halogens is 3. The number of allylic oxidation sites excluding steroid dienone is 2. The monoisotopic (exact) mass is 395 g/mol. The maximum Gasteiger partial charge on any atom is 0.416 e. The molecule has 0 aromatic heterocycles. The third-order valence-corrected chi connectivity index (χ3v) is 5.41. The van der Waals surface area contributed by atoms with Gasteiger partial charge in [-0.25, -0.2) is 0 Å². The lowest BCUT2D eigenvalue weighted by atomic mass is 9.94. The Morgan fingerprint density at radius 2 is 1.71 bits per heavy atom. The quantitative estimate of drug-likeness (QED) is 0.559. The topological polar surface area (TPSA) is 46.6 Å². The van der Waals surface area contributed by atoms with E-state index in [1.807, 2.05) is 0 Å². The zero-order chi connectivity index (χ0) is 20.1. The van der Waals surface area contributed by atoms with E-state index in [4.69, 9.17) is 4.74 Å². The molecule has 4 nitrogen and oxygen atoms in total. The van der Waals surface area contributed by atoms with Crippen LogP contribution >= 0.6 is 0 Å². The van der Waals surface area contributed by atoms with Gasteiger partial charge in [-0.3, -0.25) is 9.59 Å². The zero-order valence-corrected chi connectivity index (χ0v) is 15.6. The molecule has 28 heavy (non-hydrogen) atoms. The molecule has 1 aromatic carbocycles. The van der Waals surface area contributed by atoms with Crippen molar-refractivity contribution in [2.45, 2.75) is 38.3 Å². The smallest absolute Gasteiger partial charge is 0.416 e. The van der Waals surface area contributed by atoms with E-state index in [1.54, 1.807) is 4.90 Å². The number of carbonyl (C=O) groups is 2. The maximum absolute atomic E-state index is 12.6. The fraction of sp³-hybridized carbons (Fsp3) is 0.524. The van der Waals surface area contributed by atoms with E-state index >= 15 is 0 Å². The van der Waals surface area contributed by atoms with Crippen LogP contribution < -0.4 is 0 Å². The summed E-state index contributed by atoms with van der Waals surface area (Å²) < 4.78 is 43.4. The van der Waals surface area contributed by atoms with Gasteiger partial charge < -0.3 is 9.64 Å². The number of amides is 1. The van der Waals surface area contributed by atoms with Crippen molar-refractivity contribution < 1.29 is 27.5 Å². The predicted octanol–water partition coefficient (Wildman–Crippen LogP) is 4.46. The molecule has 7 heteroatoms. The summed E-state index contributed by atoms with van der Waals surface area (Å²) in [5.74, 6) is -0.364. The van der Waals surface area contributed by atoms with Gasteiger partial charge in [-0.15, -0.1) is 0 Å². The molecule has 0 spiro atoms. The fourth-order valence-corrected chi connectivity index (χ4v) is 3.63. The summed E-state index contributed by atoms with van der Waals surface area (Å²) in [5, 5.41) is 0. The summed E-state index contributed by atoms with van der Waals surface area (Å²) in [5.41, 5.74) is -0.557. The van der Waals surface area contributed by atoms with Gasteiger partial charge in [-0.1, -0.05) is 12.2 Å². The first-order valence-electron chi connectivity index (χ1n) is 9.63. The standard InChI is InChI=1S/C21H24F3NO3/c22-21(23,24)18-8-6-16(7-9-18)19(26)25-12-10-17(11-13-25)20(27)28-14-15-4-2-1-3-5-15/h1-2,6-9,15,17H,3-5,10-14H2. The van der Waals surface area contributed by atoms with E-state index in [-0.39, 0.29) is 23.4 Å². The van der Waals surface area contributed by atoms with Crippen molar-refractivity contribution in [3.05, 3.63) is 47.5 Å². The highest BCUT2D eigenvalue weighted by Gasteiger charge is 2.32. The lowest BCUT2D eigenvalue weighted by Crippen LogP contribution is -2.40. The second-order valence-electron chi connectivity index (χ2n) is 7.42. The molecule has 0 N–H and O–H groups in total. The molecular formula is C21H24F3NO3. The first kappa shape index (κ1) is 20.4. The molecule has 0 saturated carbocycles. The summed E-state index contributed by atoms with van der Waals surface area (Å²) in [6.07, 6.45) is 3.85. The molecule has 1 aliphatic heterocycles. The lowest BCUT2D eigenvalue weighted by molar-refractivity contribution is -0.151. The number of rotatable bonds is 4. The first-order valence-corrected chi connectivity index (χ1v) is 9.63. The molecule has 1 saturated heterocycles. The summed E-state index contributed by atoms with van der Waals surface area (Å²) in [6, 6.07) is 4.23. The average molecular weight is 395 g/mol. The van der Waals surface area contributed by atoms with E-state index in [2.05, 4.69) is 12.2 Å². The van der Waals surface area contributed by atoms with Crippen molar-refractivity contribution in [3.63, 3.8) is 0 Å². The van der Waals surface area contributed by atoms with Crippen molar-refractivity contribution >= 4 is 11.9 Å². The highest BCUT2D eigenvalue weighted by atomic mass is 19.4. The number of nitrogens with zero attached hydrogens (tertiary/aromatic N) is 1. The minimum atomic E-state index is -4.42. The molecule has 2 aliphatic rings. The number of benzene rings is 1. The van der Waals surface area contributed by atoms with E-state index in [1.165, 1.54) is 12.1 Å². The number of carbonyl (C=O) groups excluding carboxylic acids is 2. The largest absolute Gasteiger partial charge is 0.465 e. The summed E-state index contributed by atoms with van der Waals surface area (Å²) in [6.45, 7) is 1.23. The second kappa shape index (κ2) is 8.80. The minimum absolute atomic E-state index is 0.212. The van der Waals surface area contributed by atoms with Crippen LogP contribution in [0.15, 0.2) is 36.4 Å². The van der Waals surface area contributed by atoms with E-state index in [9.17, 15) is 22.8 Å². The van der Waals surface area contributed by atoms with Crippen molar-refractivity contribution in [3.8, 4) is 0 Å². The van der Waals surface area contributed by atoms with Crippen LogP contribution in [0, 0.1) is 11.8 Å². The molecule has 1 aromatic rings. The number of ether oxygens (including phenoxy) is 1. The van der Waals surface area contributed by atoms with Crippen LogP contribution in [0.5, 0.6) is 0 Å². The van der Waals surface area contributed by atoms with Crippen LogP contribution in [0.1, 0.15) is 48.0 Å². The fourth-order valence-electron chi connectivity index (χ4n) is 3.63. The molecule has 3 rings (SSSR count). The van der Waals surface area contributed by atoms with Gasteiger partial charge in [0, 0.05) is 18.7 Å². The van der Waals surface area contributed by atoms with Crippen molar-refractivity contribution in [2.75, 3.05) is 19.7 Å². The molecule has 152 valence electrons. The Hall–Kier alpha value is -2.31. The Kier molecular flexibility index (Phi) is 6.42. The summed E-state index contributed by atoms with van der Waals surface area (Å²) >= 11 is 0. The van der Waals surface area contributed by atoms with Crippen LogP contribution in [0.2, 0.25) is 0 Å². The Morgan fingerprint density at radius 3 is 2.29 bits per heavy atom. The molecule has 1 atom stereocenters. The Labute approximate surface area is 162 Å². The molecule has 0 radical (unpaired) electrons. The number of piperidine rings is 1. The van der Waals surface area contributed by atoms with Gasteiger partial charge in [-0.2, -0.15) is 13.2 Å². The molecule has 1 amide bonds. The van der Waals surface area contributed by atoms with E-state index < -0.39 is 11.7 Å². The minimum Gasteiger partial charge on any atom is -0.465 e. The van der Waals surface area contributed by atoms with Crippen LogP contribution in [0.4, 0.5) is 13.2 Å². The van der Waals surface area contributed by atoms with Crippen LogP contribution in [-0.4, -0.2) is 36.5 Å². The van der Waals surface area contributed by atoms with Gasteiger partial charge in [0.25, 0.3) is 5.91 Å². The van der Waals surface area contributed by atoms with Crippen LogP contribution in [-0.2, 0) is 15.7 Å². The highest BCUT2D eigenvalue weighted by molar-refractivity contribution is 5.94. The summed E-state index contributed by atoms with van der Waals surface area (Å²) in [7, 11) is 0. The molecule has 1 unspecified atom stereocenters. The molecule has 1 aliphatic carbocycles. The van der Waals surface area contributed by atoms with Gasteiger partial charge in [0.1, 0.15) is 0 Å². The first-order chi connectivity index (χ1) is 13.3. The normalized spacial score (nSPS) is 20.8. The van der Waals surface area contributed by atoms with Crippen molar-refractivity contribution in [1.82, 2.24) is 4.90 Å². The highest BCUT2D eigenvalue weighted by Crippen LogP contribution is 2.29. The van der Waals surface area contributed by atoms with Gasteiger partial charge in [0.15, 0.2) is 0 Å². The maximum atomic E-state index is 12.6. The van der Waals surface area contributed by atoms with Gasteiger partial charge >= 0.3 is 12.1 Å².